The fourth-order valence-corrected chi connectivity index (χ4v) is 2.18. The molecule has 0 saturated carbocycles. The summed E-state index contributed by atoms with van der Waals surface area (Å²) in [5, 5.41) is 18.1. The number of ketones is 1. The number of aliphatic hydroxyl groups is 1. The largest absolute Gasteiger partial charge is 0.457 e. The smallest absolute Gasteiger partial charge is 0.309 e. The average Bonchev–Trinajstić information content (AvgIpc) is 2.67. The molecule has 2 aromatic carbocycles. The Morgan fingerprint density at radius 2 is 1.67 bits per heavy atom. The minimum absolute atomic E-state index is 0.0972. The Bertz CT molecular complexity index is 743. The van der Waals surface area contributed by atoms with Crippen molar-refractivity contribution in [2.45, 2.75) is 20.3 Å². The summed E-state index contributed by atoms with van der Waals surface area (Å²) < 4.78 is 5.05. The predicted molar refractivity (Wildman–Crippen MR) is 100 cm³/mol. The second kappa shape index (κ2) is 11.5. The molecule has 0 aromatic heterocycles. The highest BCUT2D eigenvalue weighted by molar-refractivity contribution is 5.98. The van der Waals surface area contributed by atoms with Crippen molar-refractivity contribution in [2.75, 3.05) is 13.2 Å². The number of non-ortho nitro benzene ring substituents is 1. The van der Waals surface area contributed by atoms with Gasteiger partial charge in [-0.1, -0.05) is 37.3 Å². The molecule has 0 aliphatic carbocycles. The van der Waals surface area contributed by atoms with Crippen LogP contribution >= 0.6 is 0 Å². The molecule has 0 aliphatic rings. The summed E-state index contributed by atoms with van der Waals surface area (Å²) in [6.45, 7) is 3.29. The molecule has 144 valence electrons. The molecule has 0 saturated heterocycles. The lowest BCUT2D eigenvalue weighted by Gasteiger charge is -2.11. The van der Waals surface area contributed by atoms with Crippen molar-refractivity contribution in [1.29, 1.82) is 0 Å². The van der Waals surface area contributed by atoms with Gasteiger partial charge in [0.25, 0.3) is 5.69 Å². The zero-order chi connectivity index (χ0) is 20.2. The van der Waals surface area contributed by atoms with Crippen molar-refractivity contribution < 1.29 is 24.4 Å². The molecule has 0 radical (unpaired) electrons. The second-order valence-electron chi connectivity index (χ2n) is 5.74. The minimum Gasteiger partial charge on any atom is -0.457 e. The van der Waals surface area contributed by atoms with Crippen LogP contribution in [0.1, 0.15) is 29.8 Å². The van der Waals surface area contributed by atoms with Gasteiger partial charge in [0.15, 0.2) is 12.4 Å². The number of rotatable bonds is 7. The van der Waals surface area contributed by atoms with E-state index in [1.165, 1.54) is 24.3 Å². The van der Waals surface area contributed by atoms with Gasteiger partial charge >= 0.3 is 5.97 Å². The molecule has 1 N–H and O–H groups in total. The monoisotopic (exact) mass is 373 g/mol. The van der Waals surface area contributed by atoms with E-state index in [1.54, 1.807) is 13.8 Å². The van der Waals surface area contributed by atoms with E-state index in [4.69, 9.17) is 9.84 Å². The van der Waals surface area contributed by atoms with Gasteiger partial charge in [-0.05, 0) is 31.0 Å². The first kappa shape index (κ1) is 22.0. The van der Waals surface area contributed by atoms with Gasteiger partial charge in [-0.3, -0.25) is 19.7 Å². The van der Waals surface area contributed by atoms with E-state index in [0.29, 0.717) is 6.42 Å². The zero-order valence-corrected chi connectivity index (χ0v) is 15.3. The summed E-state index contributed by atoms with van der Waals surface area (Å²) in [5.41, 5.74) is 1.19. The highest BCUT2D eigenvalue weighted by atomic mass is 16.6. The van der Waals surface area contributed by atoms with Crippen molar-refractivity contribution in [3.63, 3.8) is 0 Å². The number of ether oxygens (including phenoxy) is 1. The van der Waals surface area contributed by atoms with E-state index in [0.717, 1.165) is 5.56 Å². The molecule has 27 heavy (non-hydrogen) atoms. The van der Waals surface area contributed by atoms with Crippen LogP contribution in [0.4, 0.5) is 5.69 Å². The number of Topliss-reactive ketones (excluding diaryl/α,β-unsaturated/α-hetero) is 1. The van der Waals surface area contributed by atoms with Gasteiger partial charge in [-0.15, -0.1) is 0 Å². The van der Waals surface area contributed by atoms with Gasteiger partial charge in [-0.25, -0.2) is 0 Å². The molecule has 7 nitrogen and oxygen atoms in total. The standard InChI is InChI=1S/C18H17NO5.C2H6O/c1-13(11-14-5-3-2-4-6-14)18(21)24-12-17(20)15-7-9-16(10-8-15)19(22)23;1-2-3/h2-10,13H,11-12H2,1H3;3H,2H2,1H3/t13-;/m0./s1. The summed E-state index contributed by atoms with van der Waals surface area (Å²) in [6, 6.07) is 14.7. The van der Waals surface area contributed by atoms with Gasteiger partial charge in [0.05, 0.1) is 10.8 Å². The molecule has 1 atom stereocenters. The van der Waals surface area contributed by atoms with Crippen LogP contribution in [-0.4, -0.2) is 35.0 Å². The minimum atomic E-state index is -0.542. The Morgan fingerprint density at radius 3 is 2.19 bits per heavy atom. The first-order valence-electron chi connectivity index (χ1n) is 8.48. The van der Waals surface area contributed by atoms with Crippen molar-refractivity contribution in [1.82, 2.24) is 0 Å². The maximum absolute atomic E-state index is 12.0. The topological polar surface area (TPSA) is 107 Å². The SMILES string of the molecule is CCO.C[C@@H](Cc1ccccc1)C(=O)OCC(=O)c1ccc([N+](=O)[O-])cc1. The first-order valence-corrected chi connectivity index (χ1v) is 8.48. The lowest BCUT2D eigenvalue weighted by atomic mass is 10.0. The van der Waals surface area contributed by atoms with E-state index < -0.39 is 16.7 Å². The number of esters is 1. The number of benzene rings is 2. The third kappa shape index (κ3) is 7.79. The van der Waals surface area contributed by atoms with Gasteiger partial charge in [-0.2, -0.15) is 0 Å². The lowest BCUT2D eigenvalue weighted by Crippen LogP contribution is -2.21. The van der Waals surface area contributed by atoms with Gasteiger partial charge in [0.2, 0.25) is 0 Å². The summed E-state index contributed by atoms with van der Waals surface area (Å²) in [4.78, 5) is 34.0. The maximum Gasteiger partial charge on any atom is 0.309 e. The normalized spacial score (nSPS) is 10.9. The number of nitrogens with zero attached hydrogens (tertiary/aromatic N) is 1. The first-order chi connectivity index (χ1) is 12.9. The number of carbonyl (C=O) groups is 2. The third-order valence-electron chi connectivity index (χ3n) is 3.53. The lowest BCUT2D eigenvalue weighted by molar-refractivity contribution is -0.384. The van der Waals surface area contributed by atoms with E-state index in [1.807, 2.05) is 30.3 Å². The fraction of sp³-hybridized carbons (Fsp3) is 0.300. The zero-order valence-electron chi connectivity index (χ0n) is 15.3. The van der Waals surface area contributed by atoms with Gasteiger partial charge in [0, 0.05) is 24.3 Å². The maximum atomic E-state index is 12.0. The van der Waals surface area contributed by atoms with Crippen LogP contribution in [0.25, 0.3) is 0 Å². The van der Waals surface area contributed by atoms with Crippen molar-refractivity contribution in [3.8, 4) is 0 Å². The molecule has 2 aromatic rings. The molecule has 0 fully saturated rings. The van der Waals surface area contributed by atoms with Crippen molar-refractivity contribution >= 4 is 17.4 Å². The number of carbonyl (C=O) groups excluding carboxylic acids is 2. The number of hydrogen-bond acceptors (Lipinski definition) is 6. The molecule has 0 amide bonds. The van der Waals surface area contributed by atoms with Crippen LogP contribution in [0.5, 0.6) is 0 Å². The second-order valence-corrected chi connectivity index (χ2v) is 5.74. The number of nitro benzene ring substituents is 1. The molecule has 0 bridgehead atoms. The highest BCUT2D eigenvalue weighted by Crippen LogP contribution is 2.13. The Kier molecular flexibility index (Phi) is 9.39. The van der Waals surface area contributed by atoms with Crippen molar-refractivity contribution in [3.05, 3.63) is 75.8 Å². The van der Waals surface area contributed by atoms with Crippen LogP contribution in [0, 0.1) is 16.0 Å². The van der Waals surface area contributed by atoms with Crippen LogP contribution in [0.2, 0.25) is 0 Å². The summed E-state index contributed by atoms with van der Waals surface area (Å²) >= 11 is 0. The Morgan fingerprint density at radius 1 is 1.11 bits per heavy atom. The van der Waals surface area contributed by atoms with E-state index in [-0.39, 0.29) is 30.4 Å². The van der Waals surface area contributed by atoms with Gasteiger partial charge < -0.3 is 9.84 Å². The van der Waals surface area contributed by atoms with Crippen LogP contribution in [-0.2, 0) is 16.0 Å². The number of aliphatic hydroxyl groups excluding tert-OH is 1. The number of hydrogen-bond donors (Lipinski definition) is 1. The fourth-order valence-electron chi connectivity index (χ4n) is 2.18. The molecule has 0 aliphatic heterocycles. The average molecular weight is 373 g/mol. The van der Waals surface area contributed by atoms with Gasteiger partial charge in [0.1, 0.15) is 0 Å². The van der Waals surface area contributed by atoms with E-state index in [2.05, 4.69) is 0 Å². The molecule has 0 spiro atoms. The molecule has 7 heteroatoms. The van der Waals surface area contributed by atoms with Crippen LogP contribution in [0.15, 0.2) is 54.6 Å². The van der Waals surface area contributed by atoms with Crippen molar-refractivity contribution in [2.24, 2.45) is 5.92 Å². The third-order valence-corrected chi connectivity index (χ3v) is 3.53. The van der Waals surface area contributed by atoms with E-state index >= 15 is 0 Å². The summed E-state index contributed by atoms with van der Waals surface area (Å²) in [7, 11) is 0. The Balaban J connectivity index is 0.00000114. The van der Waals surface area contributed by atoms with Crippen LogP contribution in [0.3, 0.4) is 0 Å². The highest BCUT2D eigenvalue weighted by Gasteiger charge is 2.17. The molecule has 0 heterocycles. The van der Waals surface area contributed by atoms with Crippen LogP contribution < -0.4 is 0 Å². The summed E-state index contributed by atoms with van der Waals surface area (Å²) in [5.74, 6) is -1.21. The molecular weight excluding hydrogens is 350 g/mol. The Hall–Kier alpha value is -3.06. The summed E-state index contributed by atoms with van der Waals surface area (Å²) in [6.07, 6.45) is 0.533. The molecule has 2 rings (SSSR count). The quantitative estimate of drug-likeness (QED) is 0.346. The molecule has 0 unspecified atom stereocenters. The molecular formula is C20H23NO6. The number of nitro groups is 1. The Labute approximate surface area is 157 Å². The predicted octanol–water partition coefficient (Wildman–Crippen LogP) is 3.20. The van der Waals surface area contributed by atoms with E-state index in [9.17, 15) is 19.7 Å².